The summed E-state index contributed by atoms with van der Waals surface area (Å²) in [5.41, 5.74) is 2.73. The summed E-state index contributed by atoms with van der Waals surface area (Å²) in [7, 11) is 4.80. The third-order valence-corrected chi connectivity index (χ3v) is 8.56. The Kier molecular flexibility index (Phi) is 11.0. The summed E-state index contributed by atoms with van der Waals surface area (Å²) in [5, 5.41) is 8.30. The summed E-state index contributed by atoms with van der Waals surface area (Å²) in [4.78, 5) is 53.2. The molecule has 0 unspecified atom stereocenters. The Morgan fingerprint density at radius 2 is 1.47 bits per heavy atom. The average molecular weight is 678 g/mol. The first-order valence-electron chi connectivity index (χ1n) is 15.2. The van der Waals surface area contributed by atoms with Gasteiger partial charge in [0.15, 0.2) is 11.5 Å². The zero-order valence-electron chi connectivity index (χ0n) is 27.4. The number of rotatable bonds is 12. The molecule has 1 aromatic heterocycles. The average Bonchev–Trinajstić information content (AvgIpc) is 3.33. The maximum atomic E-state index is 13.5. The van der Waals surface area contributed by atoms with Gasteiger partial charge in [-0.1, -0.05) is 42.5 Å². The lowest BCUT2D eigenvalue weighted by Gasteiger charge is -2.13. The Morgan fingerprint density at radius 1 is 0.816 bits per heavy atom. The molecule has 3 N–H and O–H groups in total. The van der Waals surface area contributed by atoms with E-state index in [-0.39, 0.29) is 28.6 Å². The van der Waals surface area contributed by atoms with Crippen LogP contribution >= 0.6 is 11.8 Å². The summed E-state index contributed by atoms with van der Waals surface area (Å²) >= 11 is 1.28. The van der Waals surface area contributed by atoms with Crippen molar-refractivity contribution in [2.24, 2.45) is 7.05 Å². The number of benzene rings is 4. The summed E-state index contributed by atoms with van der Waals surface area (Å²) < 4.78 is 13.9. The summed E-state index contributed by atoms with van der Waals surface area (Å²) in [5.74, 6) is -0.261. The van der Waals surface area contributed by atoms with Crippen molar-refractivity contribution in [3.63, 3.8) is 0 Å². The third-order valence-electron chi connectivity index (χ3n) is 7.55. The number of hydrogen-bond donors (Lipinski definition) is 3. The fourth-order valence-electron chi connectivity index (χ4n) is 4.92. The minimum Gasteiger partial charge on any atom is -0.493 e. The molecule has 1 heterocycles. The first kappa shape index (κ1) is 34.3. The molecule has 49 heavy (non-hydrogen) atoms. The topological polar surface area (TPSA) is 133 Å². The van der Waals surface area contributed by atoms with Gasteiger partial charge in [0.05, 0.1) is 31.4 Å². The molecule has 0 radical (unpaired) electrons. The van der Waals surface area contributed by atoms with Gasteiger partial charge in [0.2, 0.25) is 5.91 Å². The van der Waals surface area contributed by atoms with Crippen LogP contribution in [0, 0.1) is 6.92 Å². The smallest absolute Gasteiger partial charge is 0.295 e. The standard InChI is InChI=1S/C37H35N5O6S/c1-24-34(37(46)42(41(24)2)28-13-9-6-10-14-28)40-33(43)23-49-29-18-16-27(17-19-29)38-36(45)30(39-35(44)26-11-7-5-8-12-26)21-25-15-20-31(47-3)32(22-25)48-4/h5-22H,23H2,1-4H3,(H,38,45)(H,39,44)(H,40,43)/b30-21-. The van der Waals surface area contributed by atoms with Crippen LogP contribution in [0.25, 0.3) is 11.8 Å². The van der Waals surface area contributed by atoms with Crippen LogP contribution in [0.5, 0.6) is 11.5 Å². The highest BCUT2D eigenvalue weighted by Crippen LogP contribution is 2.28. The molecule has 0 spiro atoms. The van der Waals surface area contributed by atoms with E-state index < -0.39 is 11.8 Å². The monoisotopic (exact) mass is 677 g/mol. The summed E-state index contributed by atoms with van der Waals surface area (Å²) in [6, 6.07) is 29.9. The quantitative estimate of drug-likeness (QED) is 0.115. The van der Waals surface area contributed by atoms with Gasteiger partial charge in [-0.3, -0.25) is 23.9 Å². The third kappa shape index (κ3) is 8.29. The molecular formula is C37H35N5O6S. The van der Waals surface area contributed by atoms with Crippen molar-refractivity contribution in [1.82, 2.24) is 14.7 Å². The van der Waals surface area contributed by atoms with Crippen LogP contribution in [-0.4, -0.2) is 47.1 Å². The Hall–Kier alpha value is -6.01. The molecule has 0 aliphatic carbocycles. The van der Waals surface area contributed by atoms with E-state index in [9.17, 15) is 19.2 Å². The molecule has 250 valence electrons. The van der Waals surface area contributed by atoms with Gasteiger partial charge < -0.3 is 25.4 Å². The van der Waals surface area contributed by atoms with Gasteiger partial charge in [0.1, 0.15) is 11.4 Å². The van der Waals surface area contributed by atoms with Gasteiger partial charge in [-0.15, -0.1) is 11.8 Å². The summed E-state index contributed by atoms with van der Waals surface area (Å²) in [6.07, 6.45) is 1.55. The molecule has 0 atom stereocenters. The number of hydrogen-bond acceptors (Lipinski definition) is 7. The Bertz CT molecular complexity index is 2060. The highest BCUT2D eigenvalue weighted by molar-refractivity contribution is 8.00. The zero-order valence-corrected chi connectivity index (χ0v) is 28.2. The highest BCUT2D eigenvalue weighted by atomic mass is 32.2. The summed E-state index contributed by atoms with van der Waals surface area (Å²) in [6.45, 7) is 1.78. The maximum absolute atomic E-state index is 13.5. The number of aromatic nitrogens is 2. The number of nitrogens with zero attached hydrogens (tertiary/aromatic N) is 2. The van der Waals surface area contributed by atoms with Crippen LogP contribution in [0.2, 0.25) is 0 Å². The predicted molar refractivity (Wildman–Crippen MR) is 192 cm³/mol. The van der Waals surface area contributed by atoms with E-state index in [4.69, 9.17) is 9.47 Å². The van der Waals surface area contributed by atoms with E-state index in [0.29, 0.717) is 39.7 Å². The first-order valence-corrected chi connectivity index (χ1v) is 16.1. The molecule has 0 bridgehead atoms. The van der Waals surface area contributed by atoms with Crippen molar-refractivity contribution in [3.8, 4) is 17.2 Å². The maximum Gasteiger partial charge on any atom is 0.295 e. The van der Waals surface area contributed by atoms with Crippen molar-refractivity contribution in [2.45, 2.75) is 11.8 Å². The molecule has 0 saturated carbocycles. The first-order chi connectivity index (χ1) is 23.7. The predicted octanol–water partition coefficient (Wildman–Crippen LogP) is 5.64. The van der Waals surface area contributed by atoms with E-state index in [1.54, 1.807) is 97.5 Å². The van der Waals surface area contributed by atoms with Crippen molar-refractivity contribution in [1.29, 1.82) is 0 Å². The molecule has 0 aliphatic heterocycles. The largest absolute Gasteiger partial charge is 0.493 e. The lowest BCUT2D eigenvalue weighted by Crippen LogP contribution is -2.30. The molecule has 12 heteroatoms. The van der Waals surface area contributed by atoms with Crippen molar-refractivity contribution < 1.29 is 23.9 Å². The molecule has 0 fully saturated rings. The van der Waals surface area contributed by atoms with Gasteiger partial charge >= 0.3 is 0 Å². The molecule has 5 aromatic rings. The molecule has 4 aromatic carbocycles. The number of nitrogens with one attached hydrogen (secondary N) is 3. The van der Waals surface area contributed by atoms with Crippen LogP contribution in [0.1, 0.15) is 21.6 Å². The van der Waals surface area contributed by atoms with Gasteiger partial charge in [-0.2, -0.15) is 0 Å². The number of anilines is 2. The van der Waals surface area contributed by atoms with E-state index >= 15 is 0 Å². The number of amides is 3. The highest BCUT2D eigenvalue weighted by Gasteiger charge is 2.19. The molecule has 5 rings (SSSR count). The van der Waals surface area contributed by atoms with Gasteiger partial charge in [0, 0.05) is 23.2 Å². The van der Waals surface area contributed by atoms with Crippen LogP contribution in [0.4, 0.5) is 11.4 Å². The van der Waals surface area contributed by atoms with E-state index in [1.807, 2.05) is 30.3 Å². The van der Waals surface area contributed by atoms with Crippen LogP contribution in [-0.2, 0) is 16.6 Å². The number of carbonyl (C=O) groups excluding carboxylic acids is 3. The Balaban J connectivity index is 1.25. The number of para-hydroxylation sites is 1. The van der Waals surface area contributed by atoms with E-state index in [2.05, 4.69) is 16.0 Å². The number of methoxy groups -OCH3 is 2. The molecule has 3 amide bonds. The fourth-order valence-corrected chi connectivity index (χ4v) is 5.62. The zero-order chi connectivity index (χ0) is 34.9. The Morgan fingerprint density at radius 3 is 2.12 bits per heavy atom. The van der Waals surface area contributed by atoms with Crippen LogP contribution < -0.4 is 31.0 Å². The SMILES string of the molecule is COc1ccc(/C=C(\NC(=O)c2ccccc2)C(=O)Nc2ccc(SCC(=O)Nc3c(C)n(C)n(-c4ccccc4)c3=O)cc2)cc1OC. The fraction of sp³-hybridized carbons (Fsp3) is 0.135. The molecule has 11 nitrogen and oxygen atoms in total. The van der Waals surface area contributed by atoms with Gasteiger partial charge in [-0.05, 0) is 79.2 Å². The van der Waals surface area contributed by atoms with E-state index in [1.165, 1.54) is 30.7 Å². The molecule has 0 aliphatic rings. The van der Waals surface area contributed by atoms with Crippen molar-refractivity contribution >= 4 is 46.9 Å². The normalized spacial score (nSPS) is 11.1. The molecular weight excluding hydrogens is 643 g/mol. The number of carbonyl (C=O) groups is 3. The second kappa shape index (κ2) is 15.7. The lowest BCUT2D eigenvalue weighted by atomic mass is 10.1. The lowest BCUT2D eigenvalue weighted by molar-refractivity contribution is -0.114. The minimum atomic E-state index is -0.543. The number of thioether (sulfide) groups is 1. The van der Waals surface area contributed by atoms with Crippen LogP contribution in [0.3, 0.4) is 0 Å². The molecule has 0 saturated heterocycles. The van der Waals surface area contributed by atoms with Crippen LogP contribution in [0.15, 0.2) is 119 Å². The van der Waals surface area contributed by atoms with Gasteiger partial charge in [-0.25, -0.2) is 4.68 Å². The number of ether oxygens (including phenoxy) is 2. The van der Waals surface area contributed by atoms with Crippen molar-refractivity contribution in [2.75, 3.05) is 30.6 Å². The second-order valence-corrected chi connectivity index (χ2v) is 11.8. The minimum absolute atomic E-state index is 0.0127. The second-order valence-electron chi connectivity index (χ2n) is 10.7. The van der Waals surface area contributed by atoms with E-state index in [0.717, 1.165) is 4.90 Å². The van der Waals surface area contributed by atoms with Crippen molar-refractivity contribution in [3.05, 3.63) is 136 Å². The Labute approximate surface area is 287 Å². The van der Waals surface area contributed by atoms with Gasteiger partial charge in [0.25, 0.3) is 17.4 Å².